The third-order valence-corrected chi connectivity index (χ3v) is 3.81. The van der Waals surface area contributed by atoms with Gasteiger partial charge >= 0.3 is 0 Å². The van der Waals surface area contributed by atoms with Gasteiger partial charge in [-0.25, -0.2) is 0 Å². The number of benzene rings is 2. The van der Waals surface area contributed by atoms with Crippen molar-refractivity contribution in [2.45, 2.75) is 32.2 Å². The van der Waals surface area contributed by atoms with Crippen LogP contribution in [0, 0.1) is 0 Å². The molecule has 0 unspecified atom stereocenters. The minimum Gasteiger partial charge on any atom is -0.294 e. The summed E-state index contributed by atoms with van der Waals surface area (Å²) in [5, 5.41) is 0. The van der Waals surface area contributed by atoms with Crippen molar-refractivity contribution >= 4 is 11.5 Å². The van der Waals surface area contributed by atoms with E-state index in [0.29, 0.717) is 6.42 Å². The van der Waals surface area contributed by atoms with Crippen LogP contribution < -0.4 is 0 Å². The van der Waals surface area contributed by atoms with Gasteiger partial charge in [0.1, 0.15) is 0 Å². The molecule has 0 radical (unpaired) electrons. The van der Waals surface area contributed by atoms with Gasteiger partial charge in [0, 0.05) is 5.56 Å². The summed E-state index contributed by atoms with van der Waals surface area (Å²) in [4.78, 5) is 17.3. The lowest BCUT2D eigenvalue weighted by Gasteiger charge is -2.29. The molecule has 1 aliphatic rings. The highest BCUT2D eigenvalue weighted by molar-refractivity contribution is 6.16. The summed E-state index contributed by atoms with van der Waals surface area (Å²) in [6.45, 7) is 4.24. The summed E-state index contributed by atoms with van der Waals surface area (Å²) in [6.07, 6.45) is 1.29. The zero-order chi connectivity index (χ0) is 14.9. The molecule has 0 fully saturated rings. The number of nitrogens with zero attached hydrogens (tertiary/aromatic N) is 1. The first-order valence-corrected chi connectivity index (χ1v) is 7.30. The third kappa shape index (κ3) is 2.94. The number of rotatable bonds is 3. The number of carbonyl (C=O) groups excluding carboxylic acids is 1. The molecule has 3 rings (SSSR count). The molecule has 2 aromatic rings. The molecule has 2 aromatic carbocycles. The summed E-state index contributed by atoms with van der Waals surface area (Å²) >= 11 is 0. The quantitative estimate of drug-likeness (QED) is 0.777. The standard InChI is InChI=1S/C19H19NO/c1-19(2)13-15-10-6-7-11-16(15)17(20-19)12-18(21)14-8-4-3-5-9-14/h3-11H,12-13H2,1-2H3. The predicted octanol–water partition coefficient (Wildman–Crippen LogP) is 4.08. The molecule has 0 saturated heterocycles. The van der Waals surface area contributed by atoms with E-state index in [9.17, 15) is 4.79 Å². The monoisotopic (exact) mass is 277 g/mol. The van der Waals surface area contributed by atoms with Crippen LogP contribution >= 0.6 is 0 Å². The molecule has 0 atom stereocenters. The predicted molar refractivity (Wildman–Crippen MR) is 86.2 cm³/mol. The van der Waals surface area contributed by atoms with Gasteiger partial charge in [-0.3, -0.25) is 9.79 Å². The molecule has 0 amide bonds. The largest absolute Gasteiger partial charge is 0.294 e. The lowest BCUT2D eigenvalue weighted by Crippen LogP contribution is -2.29. The van der Waals surface area contributed by atoms with Crippen LogP contribution in [-0.2, 0) is 6.42 Å². The van der Waals surface area contributed by atoms with Crippen LogP contribution in [-0.4, -0.2) is 17.0 Å². The van der Waals surface area contributed by atoms with Crippen molar-refractivity contribution in [1.82, 2.24) is 0 Å². The van der Waals surface area contributed by atoms with Gasteiger partial charge in [-0.1, -0.05) is 54.6 Å². The molecule has 2 heteroatoms. The Hall–Kier alpha value is -2.22. The molecule has 21 heavy (non-hydrogen) atoms. The summed E-state index contributed by atoms with van der Waals surface area (Å²) in [5.41, 5.74) is 3.94. The molecule has 0 N–H and O–H groups in total. The highest BCUT2D eigenvalue weighted by Crippen LogP contribution is 2.28. The average molecular weight is 277 g/mol. The minimum absolute atomic E-state index is 0.127. The van der Waals surface area contributed by atoms with Gasteiger partial charge in [-0.15, -0.1) is 0 Å². The second kappa shape index (κ2) is 5.28. The Morgan fingerprint density at radius 2 is 1.71 bits per heavy atom. The van der Waals surface area contributed by atoms with Crippen LogP contribution in [0.4, 0.5) is 0 Å². The van der Waals surface area contributed by atoms with E-state index in [1.54, 1.807) is 0 Å². The number of fused-ring (bicyclic) bond motifs is 1. The molecule has 1 aliphatic heterocycles. The van der Waals surface area contributed by atoms with Crippen LogP contribution in [0.25, 0.3) is 0 Å². The Bertz CT molecular complexity index is 699. The van der Waals surface area contributed by atoms with Crippen molar-refractivity contribution in [2.24, 2.45) is 4.99 Å². The first kappa shape index (κ1) is 13.7. The zero-order valence-corrected chi connectivity index (χ0v) is 12.5. The van der Waals surface area contributed by atoms with E-state index >= 15 is 0 Å². The summed E-state index contributed by atoms with van der Waals surface area (Å²) in [5.74, 6) is 0.127. The maximum absolute atomic E-state index is 12.5. The number of ketones is 1. The fourth-order valence-corrected chi connectivity index (χ4v) is 2.90. The van der Waals surface area contributed by atoms with E-state index in [0.717, 1.165) is 23.3 Å². The molecule has 106 valence electrons. The highest BCUT2D eigenvalue weighted by atomic mass is 16.1. The van der Waals surface area contributed by atoms with E-state index in [1.807, 2.05) is 36.4 Å². The number of aliphatic imine (C=N–C) groups is 1. The van der Waals surface area contributed by atoms with E-state index in [1.165, 1.54) is 5.56 Å². The average Bonchev–Trinajstić information content (AvgIpc) is 2.47. The first-order valence-electron chi connectivity index (χ1n) is 7.30. The van der Waals surface area contributed by atoms with E-state index in [4.69, 9.17) is 4.99 Å². The van der Waals surface area contributed by atoms with Crippen molar-refractivity contribution in [3.05, 3.63) is 71.3 Å². The molecule has 1 heterocycles. The van der Waals surface area contributed by atoms with Crippen LogP contribution in [0.2, 0.25) is 0 Å². The number of carbonyl (C=O) groups is 1. The van der Waals surface area contributed by atoms with Gasteiger partial charge in [0.15, 0.2) is 5.78 Å². The number of hydrogen-bond acceptors (Lipinski definition) is 2. The van der Waals surface area contributed by atoms with Gasteiger partial charge in [0.2, 0.25) is 0 Å². The summed E-state index contributed by atoms with van der Waals surface area (Å²) in [6, 6.07) is 17.7. The lowest BCUT2D eigenvalue weighted by molar-refractivity contribution is 0.100. The van der Waals surface area contributed by atoms with Gasteiger partial charge in [0.25, 0.3) is 0 Å². The van der Waals surface area contributed by atoms with Gasteiger partial charge in [-0.05, 0) is 31.4 Å². The maximum atomic E-state index is 12.5. The van der Waals surface area contributed by atoms with Crippen LogP contribution in [0.3, 0.4) is 0 Å². The molecule has 0 aromatic heterocycles. The minimum atomic E-state index is -0.138. The molecular weight excluding hydrogens is 258 g/mol. The summed E-state index contributed by atoms with van der Waals surface area (Å²) < 4.78 is 0. The normalized spacial score (nSPS) is 16.0. The Kier molecular flexibility index (Phi) is 3.46. The fourth-order valence-electron chi connectivity index (χ4n) is 2.90. The first-order chi connectivity index (χ1) is 10.1. The zero-order valence-electron chi connectivity index (χ0n) is 12.5. The second-order valence-corrected chi connectivity index (χ2v) is 6.17. The topological polar surface area (TPSA) is 29.4 Å². The summed E-state index contributed by atoms with van der Waals surface area (Å²) in [7, 11) is 0. The third-order valence-electron chi connectivity index (χ3n) is 3.81. The smallest absolute Gasteiger partial charge is 0.168 e. The number of Topliss-reactive ketones (excluding diaryl/α,β-unsaturated/α-hetero) is 1. The van der Waals surface area contributed by atoms with Gasteiger partial charge in [-0.2, -0.15) is 0 Å². The SMILES string of the molecule is CC1(C)Cc2ccccc2C(CC(=O)c2ccccc2)=N1. The Morgan fingerprint density at radius 3 is 2.48 bits per heavy atom. The number of hydrogen-bond donors (Lipinski definition) is 0. The van der Waals surface area contributed by atoms with Crippen molar-refractivity contribution in [3.63, 3.8) is 0 Å². The van der Waals surface area contributed by atoms with Crippen molar-refractivity contribution < 1.29 is 4.79 Å². The van der Waals surface area contributed by atoms with E-state index < -0.39 is 0 Å². The fraction of sp³-hybridized carbons (Fsp3) is 0.263. The Labute approximate surface area is 125 Å². The van der Waals surface area contributed by atoms with Crippen LogP contribution in [0.5, 0.6) is 0 Å². The maximum Gasteiger partial charge on any atom is 0.168 e. The van der Waals surface area contributed by atoms with Crippen LogP contribution in [0.15, 0.2) is 59.6 Å². The van der Waals surface area contributed by atoms with E-state index in [2.05, 4.69) is 32.0 Å². The van der Waals surface area contributed by atoms with Crippen LogP contribution in [0.1, 0.15) is 41.8 Å². The molecule has 0 aliphatic carbocycles. The van der Waals surface area contributed by atoms with Crippen molar-refractivity contribution in [1.29, 1.82) is 0 Å². The second-order valence-electron chi connectivity index (χ2n) is 6.17. The molecule has 0 saturated carbocycles. The lowest BCUT2D eigenvalue weighted by atomic mass is 9.85. The Morgan fingerprint density at radius 1 is 1.05 bits per heavy atom. The molecule has 0 spiro atoms. The van der Waals surface area contributed by atoms with Crippen molar-refractivity contribution in [2.75, 3.05) is 0 Å². The molecule has 2 nitrogen and oxygen atoms in total. The molecule has 0 bridgehead atoms. The van der Waals surface area contributed by atoms with Gasteiger partial charge in [0.05, 0.1) is 17.7 Å². The van der Waals surface area contributed by atoms with Crippen molar-refractivity contribution in [3.8, 4) is 0 Å². The Balaban J connectivity index is 1.93. The molecular formula is C19H19NO. The van der Waals surface area contributed by atoms with E-state index in [-0.39, 0.29) is 11.3 Å². The van der Waals surface area contributed by atoms with Gasteiger partial charge < -0.3 is 0 Å². The highest BCUT2D eigenvalue weighted by Gasteiger charge is 2.27.